The lowest BCUT2D eigenvalue weighted by Gasteiger charge is -2.30. The van der Waals surface area contributed by atoms with Gasteiger partial charge in [-0.3, -0.25) is 9.59 Å². The number of ether oxygens (including phenoxy) is 1. The average molecular weight is 307 g/mol. The summed E-state index contributed by atoms with van der Waals surface area (Å²) in [5, 5.41) is 2.93. The van der Waals surface area contributed by atoms with Gasteiger partial charge in [0.05, 0.1) is 24.0 Å². The number of carbonyl (C=O) groups excluding carboxylic acids is 2. The number of amides is 1. The highest BCUT2D eigenvalue weighted by Crippen LogP contribution is 2.18. The van der Waals surface area contributed by atoms with E-state index < -0.39 is 0 Å². The predicted octanol–water partition coefficient (Wildman–Crippen LogP) is 1.28. The first kappa shape index (κ1) is 16.7. The van der Waals surface area contributed by atoms with Crippen molar-refractivity contribution in [3.05, 3.63) is 22.5 Å². The van der Waals surface area contributed by atoms with Crippen molar-refractivity contribution in [3.63, 3.8) is 0 Å². The number of H-pyrrole nitrogens is 1. The van der Waals surface area contributed by atoms with Crippen LogP contribution in [0.1, 0.15) is 45.4 Å². The summed E-state index contributed by atoms with van der Waals surface area (Å²) < 4.78 is 5.68. The quantitative estimate of drug-likeness (QED) is 0.804. The topological polar surface area (TPSA) is 74.4 Å². The number of aromatic amines is 1. The van der Waals surface area contributed by atoms with Gasteiger partial charge in [0.1, 0.15) is 0 Å². The van der Waals surface area contributed by atoms with E-state index in [0.29, 0.717) is 17.8 Å². The predicted molar refractivity (Wildman–Crippen MR) is 84.5 cm³/mol. The Kier molecular flexibility index (Phi) is 5.37. The fraction of sp³-hybridized carbons (Fsp3) is 0.625. The van der Waals surface area contributed by atoms with Crippen LogP contribution in [0, 0.1) is 13.8 Å². The number of carbonyl (C=O) groups is 2. The molecule has 2 heterocycles. The van der Waals surface area contributed by atoms with Crippen LogP contribution in [0.15, 0.2) is 0 Å². The van der Waals surface area contributed by atoms with Crippen molar-refractivity contribution in [2.75, 3.05) is 33.3 Å². The number of ketones is 1. The lowest BCUT2D eigenvalue weighted by Crippen LogP contribution is -2.41. The molecular formula is C16H25N3O3. The molecule has 6 nitrogen and oxygen atoms in total. The molecule has 22 heavy (non-hydrogen) atoms. The van der Waals surface area contributed by atoms with E-state index >= 15 is 0 Å². The molecule has 0 aliphatic carbocycles. The summed E-state index contributed by atoms with van der Waals surface area (Å²) in [6.45, 7) is 8.27. The van der Waals surface area contributed by atoms with Gasteiger partial charge in [-0.15, -0.1) is 0 Å². The first-order valence-corrected chi connectivity index (χ1v) is 7.68. The fourth-order valence-electron chi connectivity index (χ4n) is 2.92. The zero-order chi connectivity index (χ0) is 16.3. The van der Waals surface area contributed by atoms with Crippen molar-refractivity contribution >= 4 is 11.7 Å². The van der Waals surface area contributed by atoms with Crippen molar-refractivity contribution in [3.8, 4) is 0 Å². The lowest BCUT2D eigenvalue weighted by atomic mass is 10.1. The van der Waals surface area contributed by atoms with Gasteiger partial charge in [0, 0.05) is 32.3 Å². The molecule has 1 aliphatic rings. The monoisotopic (exact) mass is 307 g/mol. The van der Waals surface area contributed by atoms with E-state index in [2.05, 4.69) is 22.2 Å². The number of hydrogen-bond donors (Lipinski definition) is 2. The highest BCUT2D eigenvalue weighted by Gasteiger charge is 2.21. The van der Waals surface area contributed by atoms with Crippen molar-refractivity contribution < 1.29 is 14.3 Å². The summed E-state index contributed by atoms with van der Waals surface area (Å²) in [6, 6.07) is 0. The standard InChI is InChI=1S/C16H25N3O3/c1-10-14(11(2)18-15(10)12(3)20)16(21)17-6-5-13-9-19(4)7-8-22-13/h13,18H,5-9H2,1-4H3,(H,17,21)/t13-/m1/s1. The molecule has 2 rings (SSSR count). The highest BCUT2D eigenvalue weighted by atomic mass is 16.5. The molecule has 0 saturated carbocycles. The van der Waals surface area contributed by atoms with Crippen LogP contribution in [0.5, 0.6) is 0 Å². The minimum Gasteiger partial charge on any atom is -0.375 e. The Morgan fingerprint density at radius 2 is 2.14 bits per heavy atom. The van der Waals surface area contributed by atoms with Gasteiger partial charge >= 0.3 is 0 Å². The van der Waals surface area contributed by atoms with Crippen LogP contribution in [0.4, 0.5) is 0 Å². The van der Waals surface area contributed by atoms with E-state index in [1.165, 1.54) is 6.92 Å². The molecule has 1 saturated heterocycles. The highest BCUT2D eigenvalue weighted by molar-refractivity contribution is 6.02. The van der Waals surface area contributed by atoms with Crippen molar-refractivity contribution in [2.45, 2.75) is 33.3 Å². The maximum Gasteiger partial charge on any atom is 0.253 e. The molecule has 6 heteroatoms. The molecule has 0 bridgehead atoms. The third-order valence-electron chi connectivity index (χ3n) is 4.11. The number of rotatable bonds is 5. The van der Waals surface area contributed by atoms with Gasteiger partial charge in [0.25, 0.3) is 5.91 Å². The second-order valence-corrected chi connectivity index (χ2v) is 5.98. The Balaban J connectivity index is 1.91. The van der Waals surface area contributed by atoms with E-state index in [9.17, 15) is 9.59 Å². The van der Waals surface area contributed by atoms with Gasteiger partial charge in [0.15, 0.2) is 5.78 Å². The summed E-state index contributed by atoms with van der Waals surface area (Å²) in [6.07, 6.45) is 0.957. The molecule has 0 aromatic carbocycles. The molecule has 0 spiro atoms. The fourth-order valence-corrected chi connectivity index (χ4v) is 2.92. The van der Waals surface area contributed by atoms with Gasteiger partial charge in [-0.1, -0.05) is 0 Å². The number of likely N-dealkylation sites (N-methyl/N-ethyl adjacent to an activating group) is 1. The molecular weight excluding hydrogens is 282 g/mol. The van der Waals surface area contributed by atoms with E-state index in [-0.39, 0.29) is 17.8 Å². The third kappa shape index (κ3) is 3.75. The number of hydrogen-bond acceptors (Lipinski definition) is 4. The third-order valence-corrected chi connectivity index (χ3v) is 4.11. The second-order valence-electron chi connectivity index (χ2n) is 5.98. The molecule has 1 amide bonds. The summed E-state index contributed by atoms with van der Waals surface area (Å²) in [7, 11) is 2.07. The van der Waals surface area contributed by atoms with Crippen molar-refractivity contribution in [2.24, 2.45) is 0 Å². The van der Waals surface area contributed by atoms with Gasteiger partial charge in [-0.2, -0.15) is 0 Å². The van der Waals surface area contributed by atoms with Gasteiger partial charge < -0.3 is 19.9 Å². The number of nitrogens with zero attached hydrogens (tertiary/aromatic N) is 1. The summed E-state index contributed by atoms with van der Waals surface area (Å²) >= 11 is 0. The lowest BCUT2D eigenvalue weighted by molar-refractivity contribution is -0.0226. The SMILES string of the molecule is CC(=O)c1[nH]c(C)c(C(=O)NCC[C@@H]2CN(C)CCO2)c1C. The molecule has 1 fully saturated rings. The van der Waals surface area contributed by atoms with E-state index in [1.807, 2.05) is 6.92 Å². The van der Waals surface area contributed by atoms with Crippen molar-refractivity contribution in [1.82, 2.24) is 15.2 Å². The largest absolute Gasteiger partial charge is 0.375 e. The van der Waals surface area contributed by atoms with E-state index in [1.54, 1.807) is 6.92 Å². The van der Waals surface area contributed by atoms with Crippen LogP contribution >= 0.6 is 0 Å². The Bertz CT molecular complexity index is 565. The van der Waals surface area contributed by atoms with Crippen LogP contribution in [0.2, 0.25) is 0 Å². The maximum atomic E-state index is 12.3. The summed E-state index contributed by atoms with van der Waals surface area (Å²) in [5.74, 6) is -0.193. The normalized spacial score (nSPS) is 19.2. The summed E-state index contributed by atoms with van der Waals surface area (Å²) in [4.78, 5) is 29.1. The minimum absolute atomic E-state index is 0.0571. The van der Waals surface area contributed by atoms with Crippen molar-refractivity contribution in [1.29, 1.82) is 0 Å². The first-order valence-electron chi connectivity index (χ1n) is 7.68. The first-order chi connectivity index (χ1) is 10.4. The smallest absolute Gasteiger partial charge is 0.253 e. The Morgan fingerprint density at radius 1 is 1.41 bits per heavy atom. The van der Waals surface area contributed by atoms with Gasteiger partial charge in [-0.25, -0.2) is 0 Å². The molecule has 0 radical (unpaired) electrons. The van der Waals surface area contributed by atoms with Crippen LogP contribution in [0.25, 0.3) is 0 Å². The zero-order valence-electron chi connectivity index (χ0n) is 13.8. The number of Topliss-reactive ketones (excluding diaryl/α,β-unsaturated/α-hetero) is 1. The van der Waals surface area contributed by atoms with E-state index in [4.69, 9.17) is 4.74 Å². The van der Waals surface area contributed by atoms with E-state index in [0.717, 1.165) is 37.4 Å². The molecule has 1 aromatic rings. The van der Waals surface area contributed by atoms with Gasteiger partial charge in [0.2, 0.25) is 0 Å². The Morgan fingerprint density at radius 3 is 2.73 bits per heavy atom. The van der Waals surface area contributed by atoms with Crippen LogP contribution in [0.3, 0.4) is 0 Å². The zero-order valence-corrected chi connectivity index (χ0v) is 13.8. The van der Waals surface area contributed by atoms with Crippen LogP contribution in [-0.4, -0.2) is 61.0 Å². The molecule has 1 aliphatic heterocycles. The average Bonchev–Trinajstić information content (AvgIpc) is 2.74. The number of nitrogens with one attached hydrogen (secondary N) is 2. The number of aromatic nitrogens is 1. The Hall–Kier alpha value is -1.66. The molecule has 122 valence electrons. The van der Waals surface area contributed by atoms with Gasteiger partial charge in [-0.05, 0) is 32.9 Å². The number of aryl methyl sites for hydroxylation is 1. The van der Waals surface area contributed by atoms with Crippen LogP contribution in [-0.2, 0) is 4.74 Å². The summed E-state index contributed by atoms with van der Waals surface area (Å²) in [5.41, 5.74) is 2.54. The Labute approximate surface area is 131 Å². The second kappa shape index (κ2) is 7.07. The molecule has 0 unspecified atom stereocenters. The number of morpholine rings is 1. The molecule has 1 aromatic heterocycles. The molecule has 1 atom stereocenters. The maximum absolute atomic E-state index is 12.3. The van der Waals surface area contributed by atoms with Crippen LogP contribution < -0.4 is 5.32 Å². The minimum atomic E-state index is -0.136. The molecule has 2 N–H and O–H groups in total.